The lowest BCUT2D eigenvalue weighted by Crippen LogP contribution is -2.49. The smallest absolute Gasteiger partial charge is 0.254 e. The Labute approximate surface area is 207 Å². The second-order valence-electron chi connectivity index (χ2n) is 9.79. The Bertz CT molecular complexity index is 1400. The zero-order valence-electron chi connectivity index (χ0n) is 21.2. The lowest BCUT2D eigenvalue weighted by Gasteiger charge is -2.37. The second kappa shape index (κ2) is 9.17. The molecule has 0 unspecified atom stereocenters. The summed E-state index contributed by atoms with van der Waals surface area (Å²) in [5.41, 5.74) is 8.31. The summed E-state index contributed by atoms with van der Waals surface area (Å²) in [6.07, 6.45) is 1.80. The van der Waals surface area contributed by atoms with Crippen LogP contribution in [0.25, 0.3) is 22.3 Å². The van der Waals surface area contributed by atoms with E-state index in [-0.39, 0.29) is 11.9 Å². The zero-order chi connectivity index (χ0) is 24.7. The van der Waals surface area contributed by atoms with Gasteiger partial charge < -0.3 is 9.80 Å². The summed E-state index contributed by atoms with van der Waals surface area (Å²) in [4.78, 5) is 23.2. The fourth-order valence-corrected chi connectivity index (χ4v) is 4.97. The largest absolute Gasteiger partial charge is 0.368 e. The fourth-order valence-electron chi connectivity index (χ4n) is 4.97. The molecule has 0 radical (unpaired) electrons. The molecule has 1 aliphatic rings. The van der Waals surface area contributed by atoms with Gasteiger partial charge in [0.15, 0.2) is 5.65 Å². The van der Waals surface area contributed by atoms with Crippen LogP contribution in [0.3, 0.4) is 0 Å². The molecule has 2 aromatic heterocycles. The number of pyridine rings is 1. The molecule has 0 saturated carbocycles. The molecule has 1 aliphatic heterocycles. The molecule has 5 rings (SSSR count). The highest BCUT2D eigenvalue weighted by Gasteiger charge is 2.26. The highest BCUT2D eigenvalue weighted by Crippen LogP contribution is 2.30. The van der Waals surface area contributed by atoms with E-state index in [1.54, 1.807) is 6.20 Å². The fraction of sp³-hybridized carbons (Fsp3) is 0.345. The molecule has 0 N–H and O–H groups in total. The number of benzene rings is 2. The van der Waals surface area contributed by atoms with E-state index in [1.807, 2.05) is 27.8 Å². The van der Waals surface area contributed by atoms with Gasteiger partial charge in [0, 0.05) is 43.5 Å². The maximum absolute atomic E-state index is 13.9. The van der Waals surface area contributed by atoms with Gasteiger partial charge in [-0.15, -0.1) is 0 Å². The van der Waals surface area contributed by atoms with Gasteiger partial charge in [-0.05, 0) is 63.4 Å². The van der Waals surface area contributed by atoms with Crippen molar-refractivity contribution in [3.05, 3.63) is 77.0 Å². The average Bonchev–Trinajstić information content (AvgIpc) is 3.30. The first-order valence-electron chi connectivity index (χ1n) is 12.4. The lowest BCUT2D eigenvalue weighted by atomic mass is 10.0. The number of nitrogens with zero attached hydrogens (tertiary/aromatic N) is 5. The highest BCUT2D eigenvalue weighted by molar-refractivity contribution is 6.06. The molecule has 0 spiro atoms. The maximum Gasteiger partial charge on any atom is 0.254 e. The van der Waals surface area contributed by atoms with Crippen molar-refractivity contribution in [3.63, 3.8) is 0 Å². The van der Waals surface area contributed by atoms with Crippen molar-refractivity contribution in [1.82, 2.24) is 19.7 Å². The van der Waals surface area contributed by atoms with Gasteiger partial charge in [-0.3, -0.25) is 4.79 Å². The number of piperazine rings is 1. The van der Waals surface area contributed by atoms with E-state index in [9.17, 15) is 4.79 Å². The molecule has 6 heteroatoms. The number of hydrogen-bond acceptors (Lipinski definition) is 4. The number of carbonyl (C=O) groups is 1. The quantitative estimate of drug-likeness (QED) is 0.394. The number of hydrogen-bond donors (Lipinski definition) is 0. The number of aryl methyl sites for hydroxylation is 2. The first-order chi connectivity index (χ1) is 16.8. The molecule has 1 saturated heterocycles. The highest BCUT2D eigenvalue weighted by atomic mass is 16.2. The lowest BCUT2D eigenvalue weighted by molar-refractivity contribution is 0.0748. The zero-order valence-corrected chi connectivity index (χ0v) is 21.2. The minimum atomic E-state index is 0.0520. The number of amides is 1. The summed E-state index contributed by atoms with van der Waals surface area (Å²) in [6, 6.07) is 16.7. The van der Waals surface area contributed by atoms with Gasteiger partial charge >= 0.3 is 0 Å². The van der Waals surface area contributed by atoms with E-state index in [0.717, 1.165) is 40.9 Å². The minimum Gasteiger partial charge on any atom is -0.368 e. The molecule has 0 aliphatic carbocycles. The van der Waals surface area contributed by atoms with Crippen LogP contribution < -0.4 is 4.90 Å². The van der Waals surface area contributed by atoms with Crippen molar-refractivity contribution in [2.45, 2.75) is 40.7 Å². The third-order valence-electron chi connectivity index (χ3n) is 7.19. The van der Waals surface area contributed by atoms with Crippen LogP contribution in [-0.4, -0.2) is 51.8 Å². The molecule has 1 amide bonds. The minimum absolute atomic E-state index is 0.0520. The van der Waals surface area contributed by atoms with E-state index >= 15 is 0 Å². The van der Waals surface area contributed by atoms with Crippen molar-refractivity contribution in [1.29, 1.82) is 0 Å². The molecule has 6 nitrogen and oxygen atoms in total. The van der Waals surface area contributed by atoms with Gasteiger partial charge in [0.25, 0.3) is 5.91 Å². The average molecular weight is 468 g/mol. The molecule has 1 fully saturated rings. The summed E-state index contributed by atoms with van der Waals surface area (Å²) >= 11 is 0. The van der Waals surface area contributed by atoms with E-state index in [0.29, 0.717) is 18.7 Å². The topological polar surface area (TPSA) is 54.3 Å². The van der Waals surface area contributed by atoms with E-state index in [1.165, 1.54) is 16.8 Å². The molecule has 2 aromatic carbocycles. The number of anilines is 1. The Morgan fingerprint density at radius 2 is 1.63 bits per heavy atom. The number of fused-ring (bicyclic) bond motifs is 1. The first kappa shape index (κ1) is 23.1. The number of rotatable bonds is 4. The summed E-state index contributed by atoms with van der Waals surface area (Å²) in [5, 5.41) is 5.40. The van der Waals surface area contributed by atoms with Crippen LogP contribution in [-0.2, 0) is 0 Å². The van der Waals surface area contributed by atoms with Crippen molar-refractivity contribution >= 4 is 22.6 Å². The summed E-state index contributed by atoms with van der Waals surface area (Å²) in [7, 11) is 0. The second-order valence-corrected chi connectivity index (χ2v) is 9.79. The van der Waals surface area contributed by atoms with Gasteiger partial charge in [-0.25, -0.2) is 9.67 Å². The van der Waals surface area contributed by atoms with Gasteiger partial charge in [0.1, 0.15) is 0 Å². The molecule has 0 atom stereocenters. The Hall–Kier alpha value is -3.67. The van der Waals surface area contributed by atoms with E-state index < -0.39 is 0 Å². The predicted octanol–water partition coefficient (Wildman–Crippen LogP) is 5.57. The monoisotopic (exact) mass is 467 g/mol. The SMILES string of the molecule is Cc1ccccc1-c1cc(C(=O)N2CCN(c3cccc(C)c3C)CC2)c2cnn(C(C)C)c2n1. The Morgan fingerprint density at radius 1 is 0.914 bits per heavy atom. The van der Waals surface area contributed by atoms with Crippen LogP contribution >= 0.6 is 0 Å². The third kappa shape index (κ3) is 4.18. The van der Waals surface area contributed by atoms with Gasteiger partial charge in [0.05, 0.1) is 22.8 Å². The Morgan fingerprint density at radius 3 is 2.34 bits per heavy atom. The predicted molar refractivity (Wildman–Crippen MR) is 142 cm³/mol. The normalized spacial score (nSPS) is 14.2. The number of aromatic nitrogens is 3. The van der Waals surface area contributed by atoms with E-state index in [2.05, 4.69) is 74.9 Å². The maximum atomic E-state index is 13.9. The first-order valence-corrected chi connectivity index (χ1v) is 12.4. The number of carbonyl (C=O) groups excluding carboxylic acids is 1. The van der Waals surface area contributed by atoms with Crippen LogP contribution in [0, 0.1) is 20.8 Å². The molecular weight excluding hydrogens is 434 g/mol. The summed E-state index contributed by atoms with van der Waals surface area (Å²) in [5.74, 6) is 0.0520. The van der Waals surface area contributed by atoms with Crippen LogP contribution in [0.2, 0.25) is 0 Å². The van der Waals surface area contributed by atoms with Crippen molar-refractivity contribution < 1.29 is 4.79 Å². The molecule has 0 bridgehead atoms. The van der Waals surface area contributed by atoms with Crippen LogP contribution in [0.4, 0.5) is 5.69 Å². The molecule has 180 valence electrons. The van der Waals surface area contributed by atoms with Crippen molar-refractivity contribution in [2.75, 3.05) is 31.1 Å². The Balaban J connectivity index is 1.49. The molecule has 3 heterocycles. The third-order valence-corrected chi connectivity index (χ3v) is 7.19. The summed E-state index contributed by atoms with van der Waals surface area (Å²) in [6.45, 7) is 13.6. The van der Waals surface area contributed by atoms with Crippen LogP contribution in [0.5, 0.6) is 0 Å². The van der Waals surface area contributed by atoms with E-state index in [4.69, 9.17) is 4.98 Å². The van der Waals surface area contributed by atoms with Crippen LogP contribution in [0.15, 0.2) is 54.7 Å². The van der Waals surface area contributed by atoms with Crippen molar-refractivity contribution in [2.24, 2.45) is 0 Å². The van der Waals surface area contributed by atoms with Gasteiger partial charge in [-0.2, -0.15) is 5.10 Å². The van der Waals surface area contributed by atoms with Gasteiger partial charge in [0.2, 0.25) is 0 Å². The van der Waals surface area contributed by atoms with Crippen molar-refractivity contribution in [3.8, 4) is 11.3 Å². The molecule has 35 heavy (non-hydrogen) atoms. The standard InChI is InChI=1S/C29H33N5O/c1-19(2)34-28-25(18-30-34)24(17-26(31-28)23-11-7-6-9-21(23)4)29(35)33-15-13-32(14-16-33)27-12-8-10-20(3)22(27)5/h6-12,17-19H,13-16H2,1-5H3. The summed E-state index contributed by atoms with van der Waals surface area (Å²) < 4.78 is 1.91. The molecular formula is C29H33N5O. The Kier molecular flexibility index (Phi) is 6.05. The van der Waals surface area contributed by atoms with Crippen LogP contribution in [0.1, 0.15) is 46.9 Å². The molecule has 4 aromatic rings. The van der Waals surface area contributed by atoms with Gasteiger partial charge in [-0.1, -0.05) is 36.4 Å².